The van der Waals surface area contributed by atoms with Crippen LogP contribution in [0.15, 0.2) is 47.8 Å². The second kappa shape index (κ2) is 42.1. The molecule has 0 unspecified atom stereocenters. The number of aromatic nitrogens is 2. The molecule has 1 fully saturated rings. The zero-order chi connectivity index (χ0) is 74.3. The summed E-state index contributed by atoms with van der Waals surface area (Å²) in [4.78, 5) is 207. The van der Waals surface area contributed by atoms with Crippen LogP contribution in [0.1, 0.15) is 150 Å². The molecule has 1 saturated heterocycles. The average Bonchev–Trinajstić information content (AvgIpc) is 1.41. The van der Waals surface area contributed by atoms with Gasteiger partial charge in [-0.1, -0.05) is 105 Å². The summed E-state index contributed by atoms with van der Waals surface area (Å²) in [6.07, 6.45) is 0.368. The van der Waals surface area contributed by atoms with Gasteiger partial charge < -0.3 is 90.9 Å². The number of thioether (sulfide) groups is 1. The monoisotopic (exact) mass is 1420 g/mol. The lowest BCUT2D eigenvalue weighted by Gasteiger charge is -2.30. The van der Waals surface area contributed by atoms with Crippen molar-refractivity contribution in [1.29, 1.82) is 0 Å². The molecule has 20 N–H and O–H groups in total. The van der Waals surface area contributed by atoms with Gasteiger partial charge in [-0.3, -0.25) is 72.1 Å². The Morgan fingerprint density at radius 2 is 1.26 bits per heavy atom. The van der Waals surface area contributed by atoms with E-state index in [4.69, 9.17) is 17.2 Å². The Morgan fingerprint density at radius 1 is 0.660 bits per heavy atom. The Bertz CT molecular complexity index is 3160. The van der Waals surface area contributed by atoms with Gasteiger partial charge in [-0.2, -0.15) is 0 Å². The molecule has 0 saturated carbocycles. The predicted molar refractivity (Wildman–Crippen MR) is 369 cm³/mol. The molecule has 0 aliphatic carbocycles. The summed E-state index contributed by atoms with van der Waals surface area (Å²) < 4.78 is 0. The van der Waals surface area contributed by atoms with Crippen molar-refractivity contribution in [3.05, 3.63) is 54.1 Å². The molecular formula is C66H103N17O16S. The van der Waals surface area contributed by atoms with Crippen LogP contribution in [0.3, 0.4) is 0 Å². The molecule has 0 spiro atoms. The number of hydrogen-bond acceptors (Lipinski definition) is 19. The molecule has 100 heavy (non-hydrogen) atoms. The smallest absolute Gasteiger partial charge is 0.305 e. The molecule has 1 aromatic carbocycles. The number of primary amides is 1. The van der Waals surface area contributed by atoms with Crippen LogP contribution in [-0.2, 0) is 80.0 Å². The van der Waals surface area contributed by atoms with Gasteiger partial charge in [0.2, 0.25) is 70.9 Å². The Balaban J connectivity index is 1.77. The second-order valence-corrected chi connectivity index (χ2v) is 27.0. The molecule has 2 aromatic rings. The number of nitrogens with zero attached hydrogens (tertiary/aromatic N) is 2. The Labute approximate surface area is 586 Å². The third-order valence-electron chi connectivity index (χ3n) is 17.5. The lowest BCUT2D eigenvalue weighted by molar-refractivity contribution is -0.142. The van der Waals surface area contributed by atoms with Crippen LogP contribution >= 0.6 is 11.8 Å². The third-order valence-corrected chi connectivity index (χ3v) is 18.6. The van der Waals surface area contributed by atoms with Gasteiger partial charge in [0.05, 0.1) is 30.3 Å². The highest BCUT2D eigenvalue weighted by atomic mass is 32.2. The van der Waals surface area contributed by atoms with Gasteiger partial charge in [-0.15, -0.1) is 11.8 Å². The van der Waals surface area contributed by atoms with E-state index in [1.54, 1.807) is 58.0 Å². The van der Waals surface area contributed by atoms with Crippen LogP contribution in [0.4, 0.5) is 0 Å². The summed E-state index contributed by atoms with van der Waals surface area (Å²) in [7, 11) is 0. The lowest BCUT2D eigenvalue weighted by Crippen LogP contribution is -2.62. The fourth-order valence-corrected chi connectivity index (χ4v) is 12.0. The maximum absolute atomic E-state index is 14.9. The van der Waals surface area contributed by atoms with Crippen molar-refractivity contribution >= 4 is 99.6 Å². The fourth-order valence-electron chi connectivity index (χ4n) is 10.9. The number of aromatic amines is 1. The summed E-state index contributed by atoms with van der Waals surface area (Å²) >= 11 is 1.35. The average molecular weight is 1420 g/mol. The zero-order valence-electron chi connectivity index (χ0n) is 58.2. The number of carboxylic acid groups (broad SMARTS) is 2. The van der Waals surface area contributed by atoms with Crippen LogP contribution in [0.5, 0.6) is 0 Å². The van der Waals surface area contributed by atoms with Gasteiger partial charge >= 0.3 is 11.9 Å². The summed E-state index contributed by atoms with van der Waals surface area (Å²) in [5, 5.41) is 49.1. The molecule has 0 bridgehead atoms. The largest absolute Gasteiger partial charge is 0.481 e. The number of imidazole rings is 1. The number of nitrogens with one attached hydrogen (secondary N) is 12. The molecule has 3 heterocycles. The minimum Gasteiger partial charge on any atom is -0.481 e. The highest BCUT2D eigenvalue weighted by molar-refractivity contribution is 8.14. The summed E-state index contributed by atoms with van der Waals surface area (Å²) in [6.45, 7) is 14.1. The number of aliphatic imine (C=N–C) groups is 1. The number of amides is 12. The number of aliphatic carboxylic acids is 2. The van der Waals surface area contributed by atoms with Crippen LogP contribution in [0.25, 0.3) is 0 Å². The Hall–Kier alpha value is -9.05. The quantitative estimate of drug-likeness (QED) is 0.0401. The number of hydrogen-bond donors (Lipinski definition) is 17. The van der Waals surface area contributed by atoms with Crippen molar-refractivity contribution in [3.8, 4) is 0 Å². The van der Waals surface area contributed by atoms with E-state index in [2.05, 4.69) is 73.4 Å². The molecule has 1 aromatic heterocycles. The van der Waals surface area contributed by atoms with Crippen LogP contribution < -0.4 is 75.7 Å². The third kappa shape index (κ3) is 27.6. The number of carboxylic acids is 2. The first-order valence-corrected chi connectivity index (χ1v) is 35.1. The normalized spacial score (nSPS) is 23.1. The summed E-state index contributed by atoms with van der Waals surface area (Å²) in [5.41, 5.74) is 18.7. The molecule has 33 nitrogen and oxygen atoms in total. The van der Waals surface area contributed by atoms with E-state index in [0.717, 1.165) is 6.42 Å². The van der Waals surface area contributed by atoms with Gasteiger partial charge in [0.25, 0.3) is 0 Å². The van der Waals surface area contributed by atoms with E-state index in [-0.39, 0.29) is 94.9 Å². The van der Waals surface area contributed by atoms with Crippen molar-refractivity contribution in [2.75, 3.05) is 18.8 Å². The Kier molecular flexibility index (Phi) is 35.1. The van der Waals surface area contributed by atoms with Crippen molar-refractivity contribution in [2.24, 2.45) is 45.9 Å². The molecule has 2 aliphatic heterocycles. The van der Waals surface area contributed by atoms with Gasteiger partial charge in [-0.25, -0.2) is 4.98 Å². The molecule has 2 aliphatic rings. The standard InChI is InChI=1S/C66H103N17O16S/c1-9-35(6)52(69)66-81-48(32-100-66)63(97)76-43(26-34(4)5)59(93)74-42(22-23-50(85)86)58(92)83-53(36(7)10-2)64(98)75-40-20-15-16-25-71-55(89)46(29-49(68)84)78-62(96)47(30-51(87)88)79-61(95)45(28-39-31-70-33-72-39)77-60(94)44(27-38-18-13-12-14-19-38)80-65(99)54(37(8)11-3)82-57(91)41(21-17-24-67)73-56(40)90/h12-14,18-19,31,33-37,40-48,52-54H,9-11,15-17,20-30,32,67,69H2,1-8H3,(H2,68,84)(H,70,72)(H,71,89)(H,73,90)(H,74,93)(H,75,98)(H,76,97)(H,77,94)(H,78,96)(H,79,95)(H,80,99)(H,82,91)(H,83,92)(H,85,86)(H,87,88)/t35-,36-,37-,40-,41+,42+,43-,44+,45-,46-,47+,48-,52+,53-,54-/m0/s1. The zero-order valence-corrected chi connectivity index (χ0v) is 59.0. The second-order valence-electron chi connectivity index (χ2n) is 26.0. The topological polar surface area (TPSA) is 531 Å². The van der Waals surface area contributed by atoms with E-state index in [1.807, 2.05) is 27.7 Å². The minimum absolute atomic E-state index is 0.00117. The molecule has 34 heteroatoms. The molecule has 15 atom stereocenters. The van der Waals surface area contributed by atoms with Gasteiger partial charge in [-0.05, 0) is 80.7 Å². The molecule has 0 radical (unpaired) electrons. The summed E-state index contributed by atoms with van der Waals surface area (Å²) in [6, 6.07) is -8.34. The van der Waals surface area contributed by atoms with E-state index in [9.17, 15) is 77.3 Å². The van der Waals surface area contributed by atoms with Crippen molar-refractivity contribution in [2.45, 2.75) is 224 Å². The van der Waals surface area contributed by atoms with Crippen molar-refractivity contribution in [3.63, 3.8) is 0 Å². The lowest BCUT2D eigenvalue weighted by atomic mass is 9.96. The van der Waals surface area contributed by atoms with E-state index < -0.39 is 193 Å². The SMILES string of the molecule is CC[C@H](C)[C@H](NC(=O)[C@@H](CCC(=O)O)NC(=O)[C@H](CC(C)C)NC(=O)[C@@H]1CSC([C@H](N)[C@@H](C)CC)=N1)C(=O)N[C@H]1CCCCNC(=O)[C@H](CC(N)=O)NC(=O)[C@@H](CC(=O)O)NC(=O)[C@H](Cc2cnc[nH]2)NC(=O)[C@@H](Cc2ccccc2)NC(=O)[C@H]([C@@H](C)CC)NC(=O)[C@@H](CCCN)NC1=O. The van der Waals surface area contributed by atoms with E-state index in [1.165, 1.54) is 24.3 Å². The summed E-state index contributed by atoms with van der Waals surface area (Å²) in [5.74, 6) is -15.4. The number of carbonyl (C=O) groups excluding carboxylic acids is 12. The maximum Gasteiger partial charge on any atom is 0.305 e. The number of rotatable bonds is 31. The number of carbonyl (C=O) groups is 14. The number of H-pyrrole nitrogens is 1. The predicted octanol–water partition coefficient (Wildman–Crippen LogP) is -1.68. The van der Waals surface area contributed by atoms with Crippen molar-refractivity contribution in [1.82, 2.24) is 68.5 Å². The fraction of sp³-hybridized carbons (Fsp3) is 0.636. The van der Waals surface area contributed by atoms with Crippen LogP contribution in [0, 0.1) is 23.7 Å². The highest BCUT2D eigenvalue weighted by Crippen LogP contribution is 2.25. The maximum atomic E-state index is 14.9. The molecule has 4 rings (SSSR count). The van der Waals surface area contributed by atoms with Gasteiger partial charge in [0, 0.05) is 43.5 Å². The molecule has 554 valence electrons. The van der Waals surface area contributed by atoms with Crippen molar-refractivity contribution < 1.29 is 77.3 Å². The van der Waals surface area contributed by atoms with E-state index >= 15 is 0 Å². The first kappa shape index (κ1) is 83.4. The van der Waals surface area contributed by atoms with Crippen LogP contribution in [-0.4, -0.2) is 199 Å². The number of benzene rings is 1. The minimum atomic E-state index is -1.94. The van der Waals surface area contributed by atoms with E-state index in [0.29, 0.717) is 16.3 Å². The Morgan fingerprint density at radius 3 is 1.85 bits per heavy atom. The highest BCUT2D eigenvalue weighted by Gasteiger charge is 2.40. The first-order chi connectivity index (χ1) is 47.4. The number of nitrogens with two attached hydrogens (primary N) is 3. The van der Waals surface area contributed by atoms with Crippen LogP contribution in [0.2, 0.25) is 0 Å². The first-order valence-electron chi connectivity index (χ1n) is 34.1. The molecular weight excluding hydrogens is 1320 g/mol. The van der Waals surface area contributed by atoms with Gasteiger partial charge in [0.1, 0.15) is 66.5 Å². The molecule has 12 amide bonds. The van der Waals surface area contributed by atoms with Gasteiger partial charge in [0.15, 0.2) is 0 Å².